The summed E-state index contributed by atoms with van der Waals surface area (Å²) in [4.78, 5) is 26.6. The molecule has 0 aromatic heterocycles. The van der Waals surface area contributed by atoms with Gasteiger partial charge in [-0.2, -0.15) is 0 Å². The van der Waals surface area contributed by atoms with Crippen LogP contribution in [0.2, 0.25) is 0 Å². The lowest BCUT2D eigenvalue weighted by Gasteiger charge is -2.19. The minimum atomic E-state index is -0.619. The van der Waals surface area contributed by atoms with Gasteiger partial charge in [0.15, 0.2) is 0 Å². The van der Waals surface area contributed by atoms with Gasteiger partial charge in [-0.3, -0.25) is 9.59 Å². The molecule has 2 amide bonds. The average molecular weight is 520 g/mol. The van der Waals surface area contributed by atoms with Gasteiger partial charge in [-0.1, -0.05) is 64.1 Å². The van der Waals surface area contributed by atoms with E-state index in [0.717, 1.165) is 35.9 Å². The number of anilines is 1. The molecule has 0 saturated carbocycles. The number of hydrogen-bond donors (Lipinski definition) is 4. The quantitative estimate of drug-likeness (QED) is 0.248. The highest BCUT2D eigenvalue weighted by Crippen LogP contribution is 2.23. The summed E-state index contributed by atoms with van der Waals surface area (Å²) >= 11 is 1.74. The molecule has 1 heterocycles. The lowest BCUT2D eigenvalue weighted by atomic mass is 10.1. The second kappa shape index (κ2) is 14.0. The van der Waals surface area contributed by atoms with E-state index in [0.29, 0.717) is 17.9 Å². The van der Waals surface area contributed by atoms with E-state index in [1.807, 2.05) is 42.5 Å². The number of amides is 2. The van der Waals surface area contributed by atoms with E-state index in [9.17, 15) is 9.59 Å². The number of nitrogens with two attached hydrogens (primary N) is 3. The van der Waals surface area contributed by atoms with Crippen LogP contribution in [-0.2, 0) is 22.4 Å². The van der Waals surface area contributed by atoms with Gasteiger partial charge in [-0.05, 0) is 36.1 Å². The Labute approximate surface area is 213 Å². The molecule has 184 valence electrons. The van der Waals surface area contributed by atoms with E-state index in [1.165, 1.54) is 5.56 Å². The predicted octanol–water partition coefficient (Wildman–Crippen LogP) is 2.31. The van der Waals surface area contributed by atoms with Crippen LogP contribution in [0, 0.1) is 0 Å². The highest BCUT2D eigenvalue weighted by atomic mass is 33.1. The second-order valence-corrected chi connectivity index (χ2v) is 11.9. The molecule has 0 spiro atoms. The standard InChI is InChI=1S/C24H33N5O2S3/c25-19(12-17-4-2-1-3-5-17)14-33-34-15-22(27)23(30)28-20-8-6-18(7-9-20)13-21(26)24(31)29-10-11-32-16-29/h1-9,19,21-22H,10-16,25-27H2,(H,28,30). The van der Waals surface area contributed by atoms with Crippen LogP contribution < -0.4 is 22.5 Å². The van der Waals surface area contributed by atoms with Crippen LogP contribution in [0.15, 0.2) is 54.6 Å². The van der Waals surface area contributed by atoms with E-state index in [4.69, 9.17) is 17.2 Å². The van der Waals surface area contributed by atoms with Crippen molar-refractivity contribution in [2.75, 3.05) is 35.0 Å². The van der Waals surface area contributed by atoms with Gasteiger partial charge in [0.05, 0.1) is 18.0 Å². The zero-order valence-corrected chi connectivity index (χ0v) is 21.5. The number of rotatable bonds is 12. The molecule has 3 atom stereocenters. The molecule has 7 nitrogen and oxygen atoms in total. The second-order valence-electron chi connectivity index (χ2n) is 8.26. The first-order valence-electron chi connectivity index (χ1n) is 11.2. The number of thioether (sulfide) groups is 1. The van der Waals surface area contributed by atoms with Gasteiger partial charge in [-0.25, -0.2) is 0 Å². The first-order chi connectivity index (χ1) is 16.4. The average Bonchev–Trinajstić information content (AvgIpc) is 3.38. The molecule has 3 rings (SSSR count). The molecule has 0 aliphatic carbocycles. The van der Waals surface area contributed by atoms with E-state index < -0.39 is 12.1 Å². The zero-order valence-electron chi connectivity index (χ0n) is 19.1. The van der Waals surface area contributed by atoms with Crippen LogP contribution >= 0.6 is 33.3 Å². The number of hydrogen-bond acceptors (Lipinski definition) is 8. The van der Waals surface area contributed by atoms with Crippen LogP contribution in [0.3, 0.4) is 0 Å². The summed E-state index contributed by atoms with van der Waals surface area (Å²) in [7, 11) is 3.20. The zero-order chi connectivity index (χ0) is 24.3. The Kier molecular flexibility index (Phi) is 11.1. The summed E-state index contributed by atoms with van der Waals surface area (Å²) < 4.78 is 0. The molecule has 1 fully saturated rings. The fourth-order valence-corrected chi connectivity index (χ4v) is 6.71. The van der Waals surface area contributed by atoms with Crippen LogP contribution in [0.1, 0.15) is 11.1 Å². The van der Waals surface area contributed by atoms with E-state index in [2.05, 4.69) is 17.4 Å². The molecular formula is C24H33N5O2S3. The molecule has 0 radical (unpaired) electrons. The molecule has 2 aromatic rings. The molecule has 0 bridgehead atoms. The van der Waals surface area contributed by atoms with Crippen molar-refractivity contribution in [3.63, 3.8) is 0 Å². The number of benzene rings is 2. The SMILES string of the molecule is NC(CSSCC(N)C(=O)Nc1ccc(CC(N)C(=O)N2CCSC2)cc1)Cc1ccccc1. The summed E-state index contributed by atoms with van der Waals surface area (Å²) in [6, 6.07) is 16.4. The van der Waals surface area contributed by atoms with Crippen LogP contribution in [0.25, 0.3) is 0 Å². The predicted molar refractivity (Wildman–Crippen MR) is 147 cm³/mol. The van der Waals surface area contributed by atoms with Crippen molar-refractivity contribution in [1.29, 1.82) is 0 Å². The number of carbonyl (C=O) groups is 2. The smallest absolute Gasteiger partial charge is 0.242 e. The monoisotopic (exact) mass is 519 g/mol. The Bertz CT molecular complexity index is 911. The Morgan fingerprint density at radius 2 is 1.59 bits per heavy atom. The van der Waals surface area contributed by atoms with Crippen molar-refractivity contribution in [3.05, 3.63) is 65.7 Å². The van der Waals surface area contributed by atoms with Crippen LogP contribution in [-0.4, -0.2) is 64.5 Å². The van der Waals surface area contributed by atoms with Crippen molar-refractivity contribution in [2.45, 2.75) is 31.0 Å². The fourth-order valence-electron chi connectivity index (χ4n) is 3.43. The van der Waals surface area contributed by atoms with Gasteiger partial charge in [-0.15, -0.1) is 11.8 Å². The Morgan fingerprint density at radius 3 is 2.26 bits per heavy atom. The molecule has 7 N–H and O–H groups in total. The fraction of sp³-hybridized carbons (Fsp3) is 0.417. The number of nitrogens with one attached hydrogen (secondary N) is 1. The molecule has 1 aliphatic heterocycles. The third kappa shape index (κ3) is 8.83. The molecule has 2 aromatic carbocycles. The normalized spacial score (nSPS) is 16.1. The van der Waals surface area contributed by atoms with Crippen molar-refractivity contribution in [3.8, 4) is 0 Å². The van der Waals surface area contributed by atoms with E-state index >= 15 is 0 Å². The van der Waals surface area contributed by atoms with Gasteiger partial charge in [0.2, 0.25) is 11.8 Å². The lowest BCUT2D eigenvalue weighted by Crippen LogP contribution is -2.43. The third-order valence-electron chi connectivity index (χ3n) is 5.35. The summed E-state index contributed by atoms with van der Waals surface area (Å²) in [5.74, 6) is 2.73. The minimum Gasteiger partial charge on any atom is -0.331 e. The van der Waals surface area contributed by atoms with Crippen molar-refractivity contribution in [2.24, 2.45) is 17.2 Å². The number of carbonyl (C=O) groups excluding carboxylic acids is 2. The molecule has 1 aliphatic rings. The minimum absolute atomic E-state index is 0.00950. The Balaban J connectivity index is 1.34. The van der Waals surface area contributed by atoms with Gasteiger partial charge in [0, 0.05) is 35.5 Å². The molecule has 10 heteroatoms. The highest BCUT2D eigenvalue weighted by Gasteiger charge is 2.24. The lowest BCUT2D eigenvalue weighted by molar-refractivity contribution is -0.131. The highest BCUT2D eigenvalue weighted by molar-refractivity contribution is 8.76. The molecule has 1 saturated heterocycles. The summed E-state index contributed by atoms with van der Waals surface area (Å²) in [6.07, 6.45) is 1.29. The van der Waals surface area contributed by atoms with Crippen molar-refractivity contribution >= 4 is 50.9 Å². The molecule has 34 heavy (non-hydrogen) atoms. The van der Waals surface area contributed by atoms with Gasteiger partial charge in [0.1, 0.15) is 0 Å². The van der Waals surface area contributed by atoms with Crippen LogP contribution in [0.4, 0.5) is 5.69 Å². The van der Waals surface area contributed by atoms with Crippen molar-refractivity contribution < 1.29 is 9.59 Å². The summed E-state index contributed by atoms with van der Waals surface area (Å²) in [6.45, 7) is 0.764. The number of nitrogens with zero attached hydrogens (tertiary/aromatic N) is 1. The third-order valence-corrected chi connectivity index (χ3v) is 8.86. The maximum absolute atomic E-state index is 12.4. The van der Waals surface area contributed by atoms with Crippen molar-refractivity contribution in [1.82, 2.24) is 4.90 Å². The summed E-state index contributed by atoms with van der Waals surface area (Å²) in [5, 5.41) is 2.85. The van der Waals surface area contributed by atoms with E-state index in [1.54, 1.807) is 38.2 Å². The van der Waals surface area contributed by atoms with Gasteiger partial charge >= 0.3 is 0 Å². The Morgan fingerprint density at radius 1 is 0.912 bits per heavy atom. The molecular weight excluding hydrogens is 486 g/mol. The summed E-state index contributed by atoms with van der Waals surface area (Å²) in [5.41, 5.74) is 21.2. The molecule has 3 unspecified atom stereocenters. The topological polar surface area (TPSA) is 127 Å². The van der Waals surface area contributed by atoms with Crippen LogP contribution in [0.5, 0.6) is 0 Å². The largest absolute Gasteiger partial charge is 0.331 e. The van der Waals surface area contributed by atoms with Gasteiger partial charge in [0.25, 0.3) is 0 Å². The maximum atomic E-state index is 12.4. The van der Waals surface area contributed by atoms with E-state index in [-0.39, 0.29) is 17.9 Å². The maximum Gasteiger partial charge on any atom is 0.242 e. The first kappa shape index (κ1) is 26.9. The Hall–Kier alpha value is -1.69. The van der Waals surface area contributed by atoms with Gasteiger partial charge < -0.3 is 27.4 Å². The first-order valence-corrected chi connectivity index (χ1v) is 14.9.